The lowest BCUT2D eigenvalue weighted by molar-refractivity contribution is 0.0997. The molecule has 0 saturated carbocycles. The van der Waals surface area contributed by atoms with Gasteiger partial charge in [0.15, 0.2) is 10.8 Å². The van der Waals surface area contributed by atoms with Gasteiger partial charge in [0.05, 0.1) is 0 Å². The molecule has 1 heterocycles. The van der Waals surface area contributed by atoms with E-state index in [-0.39, 0.29) is 16.6 Å². The summed E-state index contributed by atoms with van der Waals surface area (Å²) in [6, 6.07) is 20.9. The van der Waals surface area contributed by atoms with Crippen LogP contribution < -0.4 is 27.4 Å². The number of nitrogens with one attached hydrogen (secondary N) is 3. The molecule has 0 aliphatic heterocycles. The molecule has 0 unspecified atom stereocenters. The van der Waals surface area contributed by atoms with E-state index in [1.807, 2.05) is 42.5 Å². The standard InChI is InChI=1S/C23H22N6O2S/c24-11-12-26-17-8-6-15(7-9-17)21(31)29-22-19(20(25)30)28-23(32-22)27-18-10-5-14-3-1-2-4-16(14)13-18/h1-10,13,26H,11-12,24H2,(H2,25,30)(H,27,28)(H,29,31). The van der Waals surface area contributed by atoms with Gasteiger partial charge in [0, 0.05) is 30.0 Å². The van der Waals surface area contributed by atoms with Gasteiger partial charge in [0.2, 0.25) is 0 Å². The molecule has 8 nitrogen and oxygen atoms in total. The van der Waals surface area contributed by atoms with E-state index in [1.165, 1.54) is 0 Å². The number of nitrogens with zero attached hydrogens (tertiary/aromatic N) is 1. The molecule has 3 aromatic carbocycles. The van der Waals surface area contributed by atoms with Gasteiger partial charge in [-0.25, -0.2) is 4.98 Å². The molecule has 7 N–H and O–H groups in total. The van der Waals surface area contributed by atoms with E-state index in [0.717, 1.165) is 33.5 Å². The van der Waals surface area contributed by atoms with Crippen LogP contribution in [0.1, 0.15) is 20.8 Å². The number of anilines is 4. The van der Waals surface area contributed by atoms with Crippen LogP contribution in [0.4, 0.5) is 21.5 Å². The zero-order valence-electron chi connectivity index (χ0n) is 17.1. The molecule has 0 bridgehead atoms. The number of hydrogen-bond acceptors (Lipinski definition) is 7. The van der Waals surface area contributed by atoms with Crippen LogP contribution in [0.25, 0.3) is 10.8 Å². The van der Waals surface area contributed by atoms with E-state index in [4.69, 9.17) is 11.5 Å². The molecule has 162 valence electrons. The quantitative estimate of drug-likeness (QED) is 0.280. The van der Waals surface area contributed by atoms with Crippen molar-refractivity contribution < 1.29 is 9.59 Å². The molecule has 0 aliphatic carbocycles. The molecule has 0 fully saturated rings. The van der Waals surface area contributed by atoms with E-state index < -0.39 is 5.91 Å². The molecule has 32 heavy (non-hydrogen) atoms. The lowest BCUT2D eigenvalue weighted by atomic mass is 10.1. The Kier molecular flexibility index (Phi) is 6.29. The van der Waals surface area contributed by atoms with Gasteiger partial charge < -0.3 is 27.4 Å². The second-order valence-corrected chi connectivity index (χ2v) is 7.99. The first-order valence-corrected chi connectivity index (χ1v) is 10.8. The zero-order chi connectivity index (χ0) is 22.5. The highest BCUT2D eigenvalue weighted by Crippen LogP contribution is 2.32. The SMILES string of the molecule is NCCNc1ccc(C(=O)Nc2sc(Nc3ccc4ccccc4c3)nc2C(N)=O)cc1. The average Bonchev–Trinajstić information content (AvgIpc) is 3.20. The summed E-state index contributed by atoms with van der Waals surface area (Å²) in [6.07, 6.45) is 0. The third-order valence-corrected chi connectivity index (χ3v) is 5.60. The van der Waals surface area contributed by atoms with Crippen LogP contribution in [0.2, 0.25) is 0 Å². The number of primary amides is 1. The first-order valence-electron chi connectivity index (χ1n) is 9.95. The van der Waals surface area contributed by atoms with Gasteiger partial charge in [0.1, 0.15) is 5.00 Å². The average molecular weight is 447 g/mol. The highest BCUT2D eigenvalue weighted by molar-refractivity contribution is 7.20. The fourth-order valence-corrected chi connectivity index (χ4v) is 4.03. The molecule has 0 saturated heterocycles. The van der Waals surface area contributed by atoms with Gasteiger partial charge in [-0.2, -0.15) is 0 Å². The van der Waals surface area contributed by atoms with Crippen molar-refractivity contribution in [2.75, 3.05) is 29.0 Å². The third-order valence-electron chi connectivity index (χ3n) is 4.71. The molecule has 9 heteroatoms. The summed E-state index contributed by atoms with van der Waals surface area (Å²) in [5.74, 6) is -1.08. The molecule has 0 radical (unpaired) electrons. The van der Waals surface area contributed by atoms with Crippen LogP contribution in [-0.2, 0) is 0 Å². The zero-order valence-corrected chi connectivity index (χ0v) is 17.9. The monoisotopic (exact) mass is 446 g/mol. The molecule has 2 amide bonds. The summed E-state index contributed by atoms with van der Waals surface area (Å²) in [5.41, 5.74) is 13.1. The topological polar surface area (TPSA) is 135 Å². The maximum Gasteiger partial charge on any atom is 0.270 e. The molecular weight excluding hydrogens is 424 g/mol. The van der Waals surface area contributed by atoms with Gasteiger partial charge in [-0.3, -0.25) is 9.59 Å². The van der Waals surface area contributed by atoms with Crippen LogP contribution in [0.15, 0.2) is 66.7 Å². The van der Waals surface area contributed by atoms with Crippen LogP contribution in [0, 0.1) is 0 Å². The van der Waals surface area contributed by atoms with Crippen molar-refractivity contribution in [3.63, 3.8) is 0 Å². The van der Waals surface area contributed by atoms with Crippen molar-refractivity contribution in [3.8, 4) is 0 Å². The molecule has 4 rings (SSSR count). The van der Waals surface area contributed by atoms with Crippen LogP contribution in [0.5, 0.6) is 0 Å². The number of benzene rings is 3. The lowest BCUT2D eigenvalue weighted by Crippen LogP contribution is -2.17. The van der Waals surface area contributed by atoms with Crippen molar-refractivity contribution in [2.45, 2.75) is 0 Å². The maximum absolute atomic E-state index is 12.7. The van der Waals surface area contributed by atoms with Crippen molar-refractivity contribution in [3.05, 3.63) is 78.0 Å². The molecular formula is C23H22N6O2S. The lowest BCUT2D eigenvalue weighted by Gasteiger charge is -2.07. The van der Waals surface area contributed by atoms with Gasteiger partial charge in [0.25, 0.3) is 11.8 Å². The van der Waals surface area contributed by atoms with Gasteiger partial charge in [-0.15, -0.1) is 0 Å². The Labute approximate surface area is 188 Å². The highest BCUT2D eigenvalue weighted by Gasteiger charge is 2.19. The van der Waals surface area contributed by atoms with Crippen molar-refractivity contribution in [2.24, 2.45) is 11.5 Å². The van der Waals surface area contributed by atoms with Crippen LogP contribution >= 0.6 is 11.3 Å². The number of fused-ring (bicyclic) bond motifs is 1. The summed E-state index contributed by atoms with van der Waals surface area (Å²) in [4.78, 5) is 28.9. The van der Waals surface area contributed by atoms with Gasteiger partial charge in [-0.1, -0.05) is 41.7 Å². The predicted octanol–water partition coefficient (Wildman–Crippen LogP) is 3.76. The fraction of sp³-hybridized carbons (Fsp3) is 0.0870. The highest BCUT2D eigenvalue weighted by atomic mass is 32.1. The van der Waals surface area contributed by atoms with E-state index in [1.54, 1.807) is 24.3 Å². The summed E-state index contributed by atoms with van der Waals surface area (Å²) >= 11 is 1.14. The second-order valence-electron chi connectivity index (χ2n) is 6.99. The van der Waals surface area contributed by atoms with E-state index in [2.05, 4.69) is 20.9 Å². The Morgan fingerprint density at radius 3 is 2.38 bits per heavy atom. The second kappa shape index (κ2) is 9.46. The first-order chi connectivity index (χ1) is 15.5. The first kappa shape index (κ1) is 21.3. The molecule has 0 atom stereocenters. The number of carbonyl (C=O) groups is 2. The summed E-state index contributed by atoms with van der Waals surface area (Å²) in [5, 5.41) is 12.0. The smallest absolute Gasteiger partial charge is 0.270 e. The van der Waals surface area contributed by atoms with E-state index in [9.17, 15) is 9.59 Å². The third kappa shape index (κ3) is 4.85. The van der Waals surface area contributed by atoms with Crippen molar-refractivity contribution in [1.82, 2.24) is 4.98 Å². The molecule has 1 aromatic heterocycles. The summed E-state index contributed by atoms with van der Waals surface area (Å²) in [7, 11) is 0. The minimum absolute atomic E-state index is 0.00729. The van der Waals surface area contributed by atoms with E-state index in [0.29, 0.717) is 23.8 Å². The summed E-state index contributed by atoms with van der Waals surface area (Å²) in [6.45, 7) is 1.15. The number of amides is 2. The largest absolute Gasteiger partial charge is 0.384 e. The Morgan fingerprint density at radius 1 is 0.938 bits per heavy atom. The van der Waals surface area contributed by atoms with Crippen LogP contribution in [0.3, 0.4) is 0 Å². The Morgan fingerprint density at radius 2 is 1.66 bits per heavy atom. The maximum atomic E-state index is 12.7. The minimum Gasteiger partial charge on any atom is -0.384 e. The van der Waals surface area contributed by atoms with Gasteiger partial charge >= 0.3 is 0 Å². The number of nitrogens with two attached hydrogens (primary N) is 2. The number of aromatic nitrogens is 1. The Hall–Kier alpha value is -3.95. The number of carbonyl (C=O) groups excluding carboxylic acids is 2. The summed E-state index contributed by atoms with van der Waals surface area (Å²) < 4.78 is 0. The number of hydrogen-bond donors (Lipinski definition) is 5. The van der Waals surface area contributed by atoms with Crippen molar-refractivity contribution >= 4 is 55.4 Å². The minimum atomic E-state index is -0.718. The Balaban J connectivity index is 1.52. The van der Waals surface area contributed by atoms with E-state index >= 15 is 0 Å². The van der Waals surface area contributed by atoms with Gasteiger partial charge in [-0.05, 0) is 47.2 Å². The normalized spacial score (nSPS) is 10.7. The molecule has 4 aromatic rings. The Bertz CT molecular complexity index is 1270. The van der Waals surface area contributed by atoms with Crippen molar-refractivity contribution in [1.29, 1.82) is 0 Å². The molecule has 0 spiro atoms. The predicted molar refractivity (Wildman–Crippen MR) is 130 cm³/mol. The number of thiazole rings is 1. The molecule has 0 aliphatic rings. The fourth-order valence-electron chi connectivity index (χ4n) is 3.15. The number of rotatable bonds is 8. The van der Waals surface area contributed by atoms with Crippen LogP contribution in [-0.4, -0.2) is 29.9 Å².